The fraction of sp³-hybridized carbons (Fsp3) is 1.00. The van der Waals surface area contributed by atoms with E-state index in [1.807, 2.05) is 0 Å². The van der Waals surface area contributed by atoms with E-state index < -0.39 is 0 Å². The highest BCUT2D eigenvalue weighted by molar-refractivity contribution is 4.52. The fourth-order valence-corrected chi connectivity index (χ4v) is 2.96. The molecule has 0 bridgehead atoms. The van der Waals surface area contributed by atoms with Crippen molar-refractivity contribution in [3.63, 3.8) is 0 Å². The summed E-state index contributed by atoms with van der Waals surface area (Å²) in [4.78, 5) is 0. The maximum absolute atomic E-state index is 5.49. The Bertz CT molecular complexity index is 163. The zero-order valence-corrected chi connectivity index (χ0v) is 15.5. The van der Waals surface area contributed by atoms with E-state index in [1.165, 1.54) is 116 Å². The van der Waals surface area contributed by atoms with Gasteiger partial charge in [0.15, 0.2) is 0 Å². The summed E-state index contributed by atoms with van der Waals surface area (Å²) in [6.07, 6.45) is 22.3. The van der Waals surface area contributed by atoms with Gasteiger partial charge in [0.05, 0.1) is 0 Å². The van der Waals surface area contributed by atoms with Gasteiger partial charge in [-0.3, -0.25) is 0 Å². The molecule has 0 aromatic carbocycles. The second-order valence-corrected chi connectivity index (χ2v) is 6.84. The average molecular weight is 313 g/mol. The highest BCUT2D eigenvalue weighted by atomic mass is 14.8. The van der Waals surface area contributed by atoms with Gasteiger partial charge in [0.1, 0.15) is 0 Å². The maximum atomic E-state index is 5.49. The molecule has 0 fully saturated rings. The van der Waals surface area contributed by atoms with Crippen LogP contribution in [0.25, 0.3) is 0 Å². The minimum atomic E-state index is 0.867. The molecule has 0 heterocycles. The molecule has 2 heteroatoms. The maximum Gasteiger partial charge on any atom is -0.00489 e. The van der Waals surface area contributed by atoms with Crippen molar-refractivity contribution >= 4 is 0 Å². The molecule has 0 saturated heterocycles. The highest BCUT2D eigenvalue weighted by Crippen LogP contribution is 2.09. The molecule has 2 nitrogen and oxygen atoms in total. The van der Waals surface area contributed by atoms with Crippen LogP contribution in [-0.2, 0) is 0 Å². The third-order valence-corrected chi connectivity index (χ3v) is 4.51. The van der Waals surface area contributed by atoms with Gasteiger partial charge < -0.3 is 11.1 Å². The van der Waals surface area contributed by atoms with Gasteiger partial charge in [-0.05, 0) is 38.9 Å². The van der Waals surface area contributed by atoms with Crippen molar-refractivity contribution in [3.05, 3.63) is 0 Å². The molecule has 0 aromatic rings. The van der Waals surface area contributed by atoms with Gasteiger partial charge in [-0.25, -0.2) is 0 Å². The summed E-state index contributed by atoms with van der Waals surface area (Å²) in [6, 6.07) is 0. The summed E-state index contributed by atoms with van der Waals surface area (Å²) < 4.78 is 0. The molecule has 0 aliphatic heterocycles. The van der Waals surface area contributed by atoms with Gasteiger partial charge in [0.25, 0.3) is 0 Å². The second kappa shape index (κ2) is 20.9. The molecule has 22 heavy (non-hydrogen) atoms. The standard InChI is InChI=1S/C20H44N2/c1-2-3-4-5-10-13-16-19-22-20-17-14-11-8-6-7-9-12-15-18-21/h22H,2-21H2,1H3. The van der Waals surface area contributed by atoms with Crippen LogP contribution in [0.3, 0.4) is 0 Å². The van der Waals surface area contributed by atoms with Crippen LogP contribution < -0.4 is 11.1 Å². The largest absolute Gasteiger partial charge is 0.330 e. The Morgan fingerprint density at radius 3 is 1.27 bits per heavy atom. The van der Waals surface area contributed by atoms with Crippen molar-refractivity contribution < 1.29 is 0 Å². The van der Waals surface area contributed by atoms with Crippen LogP contribution in [0, 0.1) is 0 Å². The summed E-state index contributed by atoms with van der Waals surface area (Å²) >= 11 is 0. The first kappa shape index (κ1) is 21.9. The molecule has 0 aromatic heterocycles. The first-order valence-electron chi connectivity index (χ1n) is 10.3. The quantitative estimate of drug-likeness (QED) is 0.296. The van der Waals surface area contributed by atoms with Gasteiger partial charge in [-0.1, -0.05) is 90.4 Å². The molecule has 0 spiro atoms. The SMILES string of the molecule is CCCCCCCCCNCCCCCCCCCCCN. The molecule has 134 valence electrons. The lowest BCUT2D eigenvalue weighted by Gasteiger charge is -2.05. The molecule has 0 radical (unpaired) electrons. The normalized spacial score (nSPS) is 11.2. The van der Waals surface area contributed by atoms with Crippen molar-refractivity contribution in [3.8, 4) is 0 Å². The molecule has 0 saturated carbocycles. The zero-order chi connectivity index (χ0) is 16.1. The molecule has 3 N–H and O–H groups in total. The summed E-state index contributed by atoms with van der Waals surface area (Å²) in [7, 11) is 0. The van der Waals surface area contributed by atoms with Crippen molar-refractivity contribution in [2.24, 2.45) is 5.73 Å². The van der Waals surface area contributed by atoms with Crippen LogP contribution in [-0.4, -0.2) is 19.6 Å². The Kier molecular flexibility index (Phi) is 20.8. The molecule has 0 atom stereocenters. The van der Waals surface area contributed by atoms with E-state index in [9.17, 15) is 0 Å². The second-order valence-electron chi connectivity index (χ2n) is 6.84. The van der Waals surface area contributed by atoms with E-state index in [-0.39, 0.29) is 0 Å². The molecule has 0 aliphatic carbocycles. The first-order valence-corrected chi connectivity index (χ1v) is 10.3. The number of hydrogen-bond acceptors (Lipinski definition) is 2. The van der Waals surface area contributed by atoms with Gasteiger partial charge in [0.2, 0.25) is 0 Å². The van der Waals surface area contributed by atoms with Crippen LogP contribution in [0.1, 0.15) is 110 Å². The van der Waals surface area contributed by atoms with Crippen molar-refractivity contribution in [1.29, 1.82) is 0 Å². The van der Waals surface area contributed by atoms with Crippen LogP contribution >= 0.6 is 0 Å². The van der Waals surface area contributed by atoms with Crippen molar-refractivity contribution in [1.82, 2.24) is 5.32 Å². The number of unbranched alkanes of at least 4 members (excludes halogenated alkanes) is 14. The Labute approximate surface area is 141 Å². The average Bonchev–Trinajstić information content (AvgIpc) is 2.54. The van der Waals surface area contributed by atoms with E-state index in [2.05, 4.69) is 12.2 Å². The lowest BCUT2D eigenvalue weighted by molar-refractivity contribution is 0.531. The Hall–Kier alpha value is -0.0800. The zero-order valence-electron chi connectivity index (χ0n) is 15.5. The summed E-state index contributed by atoms with van der Waals surface area (Å²) in [5, 5.41) is 3.60. The lowest BCUT2D eigenvalue weighted by Crippen LogP contribution is -2.16. The third kappa shape index (κ3) is 19.9. The summed E-state index contributed by atoms with van der Waals surface area (Å²) in [5.74, 6) is 0. The van der Waals surface area contributed by atoms with E-state index in [0.717, 1.165) is 6.54 Å². The topological polar surface area (TPSA) is 38.0 Å². The Balaban J connectivity index is 2.91. The van der Waals surface area contributed by atoms with Crippen molar-refractivity contribution in [2.45, 2.75) is 110 Å². The summed E-state index contributed by atoms with van der Waals surface area (Å²) in [6.45, 7) is 5.61. The van der Waals surface area contributed by atoms with Crippen LogP contribution in [0.5, 0.6) is 0 Å². The minimum Gasteiger partial charge on any atom is -0.330 e. The minimum absolute atomic E-state index is 0.867. The fourth-order valence-electron chi connectivity index (χ4n) is 2.96. The van der Waals surface area contributed by atoms with Gasteiger partial charge in [-0.15, -0.1) is 0 Å². The monoisotopic (exact) mass is 312 g/mol. The number of rotatable bonds is 19. The molecule has 0 aliphatic rings. The van der Waals surface area contributed by atoms with Gasteiger partial charge >= 0.3 is 0 Å². The van der Waals surface area contributed by atoms with Crippen LogP contribution in [0.2, 0.25) is 0 Å². The lowest BCUT2D eigenvalue weighted by atomic mass is 10.1. The Morgan fingerprint density at radius 2 is 0.864 bits per heavy atom. The van der Waals surface area contributed by atoms with Gasteiger partial charge in [-0.2, -0.15) is 0 Å². The molecular weight excluding hydrogens is 268 g/mol. The molecule has 0 rings (SSSR count). The predicted molar refractivity (Wildman–Crippen MR) is 101 cm³/mol. The smallest absolute Gasteiger partial charge is 0.00489 e. The van der Waals surface area contributed by atoms with E-state index in [1.54, 1.807) is 0 Å². The van der Waals surface area contributed by atoms with Crippen LogP contribution in [0.4, 0.5) is 0 Å². The molecule has 0 unspecified atom stereocenters. The van der Waals surface area contributed by atoms with Crippen LogP contribution in [0.15, 0.2) is 0 Å². The third-order valence-electron chi connectivity index (χ3n) is 4.51. The molecule has 0 amide bonds. The number of hydrogen-bond donors (Lipinski definition) is 2. The van der Waals surface area contributed by atoms with Gasteiger partial charge in [0, 0.05) is 0 Å². The Morgan fingerprint density at radius 1 is 0.500 bits per heavy atom. The first-order chi connectivity index (χ1) is 10.9. The molecular formula is C20H44N2. The number of nitrogens with one attached hydrogen (secondary N) is 1. The number of nitrogens with two attached hydrogens (primary N) is 1. The van der Waals surface area contributed by atoms with E-state index in [0.29, 0.717) is 0 Å². The van der Waals surface area contributed by atoms with E-state index in [4.69, 9.17) is 5.73 Å². The highest BCUT2D eigenvalue weighted by Gasteiger charge is 1.94. The van der Waals surface area contributed by atoms with E-state index >= 15 is 0 Å². The van der Waals surface area contributed by atoms with Crippen molar-refractivity contribution in [2.75, 3.05) is 19.6 Å². The predicted octanol–water partition coefficient (Wildman–Crippen LogP) is 5.80. The summed E-state index contributed by atoms with van der Waals surface area (Å²) in [5.41, 5.74) is 5.49.